The number of nitrogens with one attached hydrogen (secondary N) is 1. The van der Waals surface area contributed by atoms with E-state index in [2.05, 4.69) is 21.4 Å². The molecule has 41 heavy (non-hydrogen) atoms. The van der Waals surface area contributed by atoms with Crippen LogP contribution in [0, 0.1) is 17.8 Å². The molecule has 0 bridgehead atoms. The number of hydrogen-bond acceptors (Lipinski definition) is 8. The average molecular weight is 563 g/mol. The minimum absolute atomic E-state index is 0.0911. The molecule has 0 saturated heterocycles. The summed E-state index contributed by atoms with van der Waals surface area (Å²) in [6, 6.07) is 11.1. The summed E-state index contributed by atoms with van der Waals surface area (Å²) in [5.41, 5.74) is -0.277. The second-order valence-electron chi connectivity index (χ2n) is 11.0. The number of carbonyl (C=O) groups is 3. The van der Waals surface area contributed by atoms with Crippen molar-refractivity contribution in [3.05, 3.63) is 48.6 Å². The largest absolute Gasteiger partial charge is 0.481 e. The molecule has 2 fully saturated rings. The Bertz CT molecular complexity index is 1300. The standard InChI is InChI=1S/C31H38N4O6/c1-4-40-30(38)31-19-21(31)14-10-5-6-11-15-35(2)29(37)24-17-22(16-23(24)28(36)34-31)41-26-18-25(39-3)32-27(33-26)20-12-8-7-9-13-20/h7-10,12-14,18,21-24H,4-6,11,15-17,19H2,1-3H3,(H,34,36). The van der Waals surface area contributed by atoms with E-state index >= 15 is 0 Å². The van der Waals surface area contributed by atoms with Crippen molar-refractivity contribution in [2.45, 2.75) is 57.1 Å². The molecule has 2 amide bonds. The first kappa shape index (κ1) is 28.6. The van der Waals surface area contributed by atoms with Gasteiger partial charge in [-0.25, -0.2) is 4.79 Å². The van der Waals surface area contributed by atoms with Crippen molar-refractivity contribution < 1.29 is 28.6 Å². The fourth-order valence-electron chi connectivity index (χ4n) is 5.89. The number of esters is 1. The van der Waals surface area contributed by atoms with Crippen LogP contribution in [0.3, 0.4) is 0 Å². The van der Waals surface area contributed by atoms with Gasteiger partial charge >= 0.3 is 5.97 Å². The van der Waals surface area contributed by atoms with Gasteiger partial charge in [0, 0.05) is 25.1 Å². The van der Waals surface area contributed by atoms with E-state index < -0.39 is 29.4 Å². The first-order valence-corrected chi connectivity index (χ1v) is 14.4. The lowest BCUT2D eigenvalue weighted by Crippen LogP contribution is -2.50. The highest BCUT2D eigenvalue weighted by molar-refractivity contribution is 5.95. The Balaban J connectivity index is 1.40. The Morgan fingerprint density at radius 2 is 1.85 bits per heavy atom. The molecule has 1 N–H and O–H groups in total. The number of rotatable bonds is 6. The molecule has 10 heteroatoms. The van der Waals surface area contributed by atoms with Gasteiger partial charge in [0.15, 0.2) is 5.82 Å². The second-order valence-corrected chi connectivity index (χ2v) is 11.0. The molecule has 5 atom stereocenters. The smallest absolute Gasteiger partial charge is 0.332 e. The third-order valence-corrected chi connectivity index (χ3v) is 8.24. The fraction of sp³-hybridized carbons (Fsp3) is 0.516. The van der Waals surface area contributed by atoms with Crippen molar-refractivity contribution in [2.24, 2.45) is 17.8 Å². The number of benzene rings is 1. The van der Waals surface area contributed by atoms with Crippen molar-refractivity contribution in [1.29, 1.82) is 0 Å². The van der Waals surface area contributed by atoms with E-state index in [0.717, 1.165) is 24.8 Å². The Kier molecular flexibility index (Phi) is 8.56. The maximum Gasteiger partial charge on any atom is 0.332 e. The van der Waals surface area contributed by atoms with Crippen LogP contribution in [0.1, 0.15) is 45.4 Å². The monoisotopic (exact) mass is 562 g/mol. The van der Waals surface area contributed by atoms with Gasteiger partial charge in [0.05, 0.1) is 31.6 Å². The van der Waals surface area contributed by atoms with Crippen LogP contribution in [0.2, 0.25) is 0 Å². The molecule has 0 radical (unpaired) electrons. The van der Waals surface area contributed by atoms with Gasteiger partial charge in [-0.3, -0.25) is 9.59 Å². The van der Waals surface area contributed by atoms with Crippen molar-refractivity contribution in [3.63, 3.8) is 0 Å². The highest BCUT2D eigenvalue weighted by Crippen LogP contribution is 2.47. The van der Waals surface area contributed by atoms with E-state index in [9.17, 15) is 14.4 Å². The third kappa shape index (κ3) is 6.21. The zero-order valence-corrected chi connectivity index (χ0v) is 23.9. The normalized spacial score (nSPS) is 28.1. The molecule has 218 valence electrons. The molecule has 2 saturated carbocycles. The zero-order chi connectivity index (χ0) is 29.0. The molecule has 1 aromatic carbocycles. The van der Waals surface area contributed by atoms with Crippen LogP contribution < -0.4 is 14.8 Å². The highest BCUT2D eigenvalue weighted by Gasteiger charge is 2.62. The highest BCUT2D eigenvalue weighted by atomic mass is 16.5. The van der Waals surface area contributed by atoms with E-state index in [1.165, 1.54) is 7.11 Å². The van der Waals surface area contributed by atoms with Crippen LogP contribution in [0.25, 0.3) is 11.4 Å². The number of fused-ring (bicyclic) bond motifs is 2. The molecule has 5 rings (SSSR count). The number of nitrogens with zero attached hydrogens (tertiary/aromatic N) is 3. The Hall–Kier alpha value is -3.95. The summed E-state index contributed by atoms with van der Waals surface area (Å²) in [6.07, 6.45) is 7.41. The van der Waals surface area contributed by atoms with Crippen molar-refractivity contribution in [3.8, 4) is 23.1 Å². The summed E-state index contributed by atoms with van der Waals surface area (Å²) >= 11 is 0. The summed E-state index contributed by atoms with van der Waals surface area (Å²) < 4.78 is 17.0. The molecule has 3 aliphatic rings. The van der Waals surface area contributed by atoms with Crippen LogP contribution in [0.5, 0.6) is 11.8 Å². The van der Waals surface area contributed by atoms with E-state index in [1.54, 1.807) is 24.9 Å². The number of amides is 2. The second kappa shape index (κ2) is 12.3. The van der Waals surface area contributed by atoms with Gasteiger partial charge in [-0.15, -0.1) is 0 Å². The first-order valence-electron chi connectivity index (χ1n) is 14.4. The molecule has 1 aromatic heterocycles. The van der Waals surface area contributed by atoms with Gasteiger partial charge in [-0.2, -0.15) is 9.97 Å². The van der Waals surface area contributed by atoms with Gasteiger partial charge in [-0.05, 0) is 45.4 Å². The lowest BCUT2D eigenvalue weighted by Gasteiger charge is -2.26. The van der Waals surface area contributed by atoms with Crippen molar-refractivity contribution >= 4 is 17.8 Å². The minimum Gasteiger partial charge on any atom is -0.481 e. The predicted molar refractivity (Wildman–Crippen MR) is 151 cm³/mol. The van der Waals surface area contributed by atoms with E-state index in [-0.39, 0.29) is 24.3 Å². The molecule has 10 nitrogen and oxygen atoms in total. The van der Waals surface area contributed by atoms with Crippen LogP contribution in [-0.4, -0.2) is 71.6 Å². The SMILES string of the molecule is CCOC(=O)C12CC1C=CCCCCN(C)C(=O)C1CC(Oc3cc(OC)nc(-c4ccccc4)n3)CC1C(=O)N2. The summed E-state index contributed by atoms with van der Waals surface area (Å²) in [5.74, 6) is -1.10. The number of ether oxygens (including phenoxy) is 3. The van der Waals surface area contributed by atoms with Gasteiger partial charge in [0.1, 0.15) is 11.6 Å². The fourth-order valence-corrected chi connectivity index (χ4v) is 5.89. The van der Waals surface area contributed by atoms with E-state index in [0.29, 0.717) is 43.4 Å². The lowest BCUT2D eigenvalue weighted by molar-refractivity contribution is -0.150. The molecule has 2 aliphatic carbocycles. The maximum atomic E-state index is 13.8. The van der Waals surface area contributed by atoms with Crippen LogP contribution >= 0.6 is 0 Å². The quantitative estimate of drug-likeness (QED) is 0.419. The maximum absolute atomic E-state index is 13.8. The van der Waals surface area contributed by atoms with Gasteiger partial charge in [0.2, 0.25) is 23.6 Å². The van der Waals surface area contributed by atoms with Gasteiger partial charge in [-0.1, -0.05) is 42.5 Å². The Morgan fingerprint density at radius 3 is 2.61 bits per heavy atom. The summed E-state index contributed by atoms with van der Waals surface area (Å²) in [6.45, 7) is 2.59. The topological polar surface area (TPSA) is 120 Å². The molecular formula is C31H38N4O6. The molecule has 5 unspecified atom stereocenters. The van der Waals surface area contributed by atoms with Crippen LogP contribution in [-0.2, 0) is 19.1 Å². The Labute approximate surface area is 240 Å². The first-order chi connectivity index (χ1) is 19.8. The number of allylic oxidation sites excluding steroid dienone is 1. The zero-order valence-electron chi connectivity index (χ0n) is 23.9. The number of methoxy groups -OCH3 is 1. The average Bonchev–Trinajstić information content (AvgIpc) is 3.51. The number of hydrogen-bond donors (Lipinski definition) is 1. The van der Waals surface area contributed by atoms with E-state index in [1.807, 2.05) is 36.4 Å². The molecular weight excluding hydrogens is 524 g/mol. The summed E-state index contributed by atoms with van der Waals surface area (Å²) in [5, 5.41) is 3.01. The summed E-state index contributed by atoms with van der Waals surface area (Å²) in [4.78, 5) is 51.1. The van der Waals surface area contributed by atoms with Crippen molar-refractivity contribution in [2.75, 3.05) is 27.3 Å². The van der Waals surface area contributed by atoms with E-state index in [4.69, 9.17) is 14.2 Å². The summed E-state index contributed by atoms with van der Waals surface area (Å²) in [7, 11) is 3.31. The molecule has 2 heterocycles. The Morgan fingerprint density at radius 1 is 1.10 bits per heavy atom. The van der Waals surface area contributed by atoms with Gasteiger partial charge < -0.3 is 24.4 Å². The molecule has 2 aromatic rings. The van der Waals surface area contributed by atoms with Crippen molar-refractivity contribution in [1.82, 2.24) is 20.2 Å². The van der Waals surface area contributed by atoms with Crippen LogP contribution in [0.15, 0.2) is 48.6 Å². The predicted octanol–water partition coefficient (Wildman–Crippen LogP) is 3.56. The van der Waals surface area contributed by atoms with Gasteiger partial charge in [0.25, 0.3) is 0 Å². The molecule has 1 aliphatic heterocycles. The minimum atomic E-state index is -1.09. The van der Waals surface area contributed by atoms with Crippen LogP contribution in [0.4, 0.5) is 0 Å². The molecule has 0 spiro atoms. The number of aromatic nitrogens is 2. The third-order valence-electron chi connectivity index (χ3n) is 8.24. The number of carbonyl (C=O) groups excluding carboxylic acids is 3. The lowest BCUT2D eigenvalue weighted by atomic mass is 9.93.